The van der Waals surface area contributed by atoms with Gasteiger partial charge in [-0.25, -0.2) is 0 Å². The Labute approximate surface area is 105 Å². The monoisotopic (exact) mass is 293 g/mol. The molecule has 0 radical (unpaired) electrons. The summed E-state index contributed by atoms with van der Waals surface area (Å²) in [5.41, 5.74) is 0. The molecule has 16 heavy (non-hydrogen) atoms. The van der Waals surface area contributed by atoms with Crippen molar-refractivity contribution in [2.45, 2.75) is 24.1 Å². The van der Waals surface area contributed by atoms with Crippen molar-refractivity contribution in [3.63, 3.8) is 0 Å². The number of amides is 1. The van der Waals surface area contributed by atoms with E-state index in [1.807, 2.05) is 4.90 Å². The first-order chi connectivity index (χ1) is 7.75. The summed E-state index contributed by atoms with van der Waals surface area (Å²) in [6.07, 6.45) is 2.95. The first-order valence-electron chi connectivity index (χ1n) is 5.75. The van der Waals surface area contributed by atoms with Crippen LogP contribution in [0.4, 0.5) is 0 Å². The molecule has 1 saturated heterocycles. The fourth-order valence-corrected chi connectivity index (χ4v) is 2.33. The molecular weight excluding hydrogens is 274 g/mol. The number of alkyl halides is 1. The lowest BCUT2D eigenvalue weighted by Gasteiger charge is -2.29. The average molecular weight is 294 g/mol. The van der Waals surface area contributed by atoms with E-state index in [1.54, 1.807) is 7.11 Å². The van der Waals surface area contributed by atoms with Crippen LogP contribution in [-0.2, 0) is 14.3 Å². The number of hydrogen-bond acceptors (Lipinski definition) is 3. The van der Waals surface area contributed by atoms with Gasteiger partial charge in [0.25, 0.3) is 0 Å². The molecule has 0 aromatic heterocycles. The Kier molecular flexibility index (Phi) is 7.00. The second-order valence-corrected chi connectivity index (χ2v) is 5.00. The van der Waals surface area contributed by atoms with Crippen molar-refractivity contribution in [1.82, 2.24) is 4.90 Å². The summed E-state index contributed by atoms with van der Waals surface area (Å²) in [4.78, 5) is 13.7. The molecular formula is C11H20BrNO3. The Morgan fingerprint density at radius 3 is 3.00 bits per heavy atom. The van der Waals surface area contributed by atoms with Crippen LogP contribution in [0.5, 0.6) is 0 Å². The molecule has 1 unspecified atom stereocenters. The van der Waals surface area contributed by atoms with Crippen LogP contribution < -0.4 is 0 Å². The molecule has 1 heterocycles. The smallest absolute Gasteiger partial charge is 0.236 e. The SMILES string of the molecule is COCCOCCCN1CCCC(Br)C1=O. The highest BCUT2D eigenvalue weighted by molar-refractivity contribution is 9.10. The third kappa shape index (κ3) is 4.80. The molecule has 5 heteroatoms. The Hall–Kier alpha value is -0.130. The molecule has 0 bridgehead atoms. The summed E-state index contributed by atoms with van der Waals surface area (Å²) in [6, 6.07) is 0. The fraction of sp³-hybridized carbons (Fsp3) is 0.909. The van der Waals surface area contributed by atoms with Crippen LogP contribution in [0.1, 0.15) is 19.3 Å². The maximum atomic E-state index is 11.7. The maximum absolute atomic E-state index is 11.7. The molecule has 94 valence electrons. The third-order valence-electron chi connectivity index (χ3n) is 2.61. The molecule has 0 aromatic rings. The van der Waals surface area contributed by atoms with Gasteiger partial charge >= 0.3 is 0 Å². The number of halogens is 1. The number of likely N-dealkylation sites (tertiary alicyclic amines) is 1. The molecule has 0 saturated carbocycles. The topological polar surface area (TPSA) is 38.8 Å². The minimum Gasteiger partial charge on any atom is -0.382 e. The summed E-state index contributed by atoms with van der Waals surface area (Å²) in [7, 11) is 1.66. The minimum atomic E-state index is 0.0238. The molecule has 1 amide bonds. The average Bonchev–Trinajstić information content (AvgIpc) is 2.29. The Balaban J connectivity index is 2.05. The number of rotatable bonds is 7. The van der Waals surface area contributed by atoms with Gasteiger partial charge in [-0.15, -0.1) is 0 Å². The lowest BCUT2D eigenvalue weighted by Crippen LogP contribution is -2.42. The first-order valence-corrected chi connectivity index (χ1v) is 6.67. The summed E-state index contributed by atoms with van der Waals surface area (Å²) in [6.45, 7) is 3.64. The molecule has 0 aromatic carbocycles. The highest BCUT2D eigenvalue weighted by Gasteiger charge is 2.25. The van der Waals surface area contributed by atoms with Gasteiger partial charge in [0, 0.05) is 26.8 Å². The van der Waals surface area contributed by atoms with Crippen molar-refractivity contribution < 1.29 is 14.3 Å². The quantitative estimate of drug-likeness (QED) is 0.526. The molecule has 1 aliphatic heterocycles. The van der Waals surface area contributed by atoms with Gasteiger partial charge in [-0.3, -0.25) is 4.79 Å². The number of hydrogen-bond donors (Lipinski definition) is 0. The van der Waals surface area contributed by atoms with E-state index < -0.39 is 0 Å². The van der Waals surface area contributed by atoms with E-state index in [0.717, 1.165) is 32.4 Å². The number of ether oxygens (including phenoxy) is 2. The molecule has 0 N–H and O–H groups in total. The van der Waals surface area contributed by atoms with Crippen LogP contribution in [-0.4, -0.2) is 55.7 Å². The number of methoxy groups -OCH3 is 1. The van der Waals surface area contributed by atoms with E-state index in [1.165, 1.54) is 0 Å². The molecule has 0 spiro atoms. The Morgan fingerprint density at radius 2 is 2.25 bits per heavy atom. The molecule has 4 nitrogen and oxygen atoms in total. The van der Waals surface area contributed by atoms with Crippen LogP contribution in [0, 0.1) is 0 Å². The third-order valence-corrected chi connectivity index (χ3v) is 3.46. The highest BCUT2D eigenvalue weighted by atomic mass is 79.9. The van der Waals surface area contributed by atoms with Gasteiger partial charge in [-0.05, 0) is 19.3 Å². The Bertz CT molecular complexity index is 213. The largest absolute Gasteiger partial charge is 0.382 e. The van der Waals surface area contributed by atoms with Gasteiger partial charge in [-0.1, -0.05) is 15.9 Å². The van der Waals surface area contributed by atoms with Crippen LogP contribution in [0.25, 0.3) is 0 Å². The van der Waals surface area contributed by atoms with Crippen molar-refractivity contribution in [2.75, 3.05) is 40.0 Å². The van der Waals surface area contributed by atoms with Gasteiger partial charge in [0.1, 0.15) is 0 Å². The predicted molar refractivity (Wildman–Crippen MR) is 65.8 cm³/mol. The minimum absolute atomic E-state index is 0.0238. The van der Waals surface area contributed by atoms with Crippen LogP contribution in [0.3, 0.4) is 0 Å². The summed E-state index contributed by atoms with van der Waals surface area (Å²) in [5.74, 6) is 0.225. The van der Waals surface area contributed by atoms with E-state index in [-0.39, 0.29) is 10.7 Å². The van der Waals surface area contributed by atoms with Crippen molar-refractivity contribution in [1.29, 1.82) is 0 Å². The van der Waals surface area contributed by atoms with Gasteiger partial charge in [0.15, 0.2) is 0 Å². The molecule has 1 atom stereocenters. The van der Waals surface area contributed by atoms with Crippen LogP contribution in [0.2, 0.25) is 0 Å². The lowest BCUT2D eigenvalue weighted by atomic mass is 10.1. The zero-order chi connectivity index (χ0) is 11.8. The Morgan fingerprint density at radius 1 is 1.44 bits per heavy atom. The predicted octanol–water partition coefficient (Wildman–Crippen LogP) is 1.43. The summed E-state index contributed by atoms with van der Waals surface area (Å²) < 4.78 is 10.2. The van der Waals surface area contributed by atoms with Crippen molar-refractivity contribution in [3.8, 4) is 0 Å². The van der Waals surface area contributed by atoms with Crippen molar-refractivity contribution >= 4 is 21.8 Å². The number of carbonyl (C=O) groups is 1. The normalized spacial score (nSPS) is 21.5. The van der Waals surface area contributed by atoms with Crippen molar-refractivity contribution in [2.24, 2.45) is 0 Å². The van der Waals surface area contributed by atoms with E-state index in [0.29, 0.717) is 19.8 Å². The van der Waals surface area contributed by atoms with Crippen molar-refractivity contribution in [3.05, 3.63) is 0 Å². The zero-order valence-electron chi connectivity index (χ0n) is 9.78. The standard InChI is InChI=1S/C11H20BrNO3/c1-15-8-9-16-7-3-6-13-5-2-4-10(12)11(13)14/h10H,2-9H2,1H3. The molecule has 1 fully saturated rings. The first kappa shape index (κ1) is 13.9. The number of piperidine rings is 1. The van der Waals surface area contributed by atoms with Crippen LogP contribution in [0.15, 0.2) is 0 Å². The van der Waals surface area contributed by atoms with Crippen LogP contribution >= 0.6 is 15.9 Å². The number of carbonyl (C=O) groups excluding carboxylic acids is 1. The fourth-order valence-electron chi connectivity index (χ4n) is 1.72. The van der Waals surface area contributed by atoms with Gasteiger partial charge in [-0.2, -0.15) is 0 Å². The second kappa shape index (κ2) is 8.03. The van der Waals surface area contributed by atoms with E-state index in [9.17, 15) is 4.79 Å². The second-order valence-electron chi connectivity index (χ2n) is 3.89. The zero-order valence-corrected chi connectivity index (χ0v) is 11.4. The van der Waals surface area contributed by atoms with Gasteiger partial charge < -0.3 is 14.4 Å². The molecule has 0 aliphatic carbocycles. The maximum Gasteiger partial charge on any atom is 0.236 e. The van der Waals surface area contributed by atoms with E-state index in [2.05, 4.69) is 15.9 Å². The summed E-state index contributed by atoms with van der Waals surface area (Å²) in [5, 5.41) is 0. The number of nitrogens with zero attached hydrogens (tertiary/aromatic N) is 1. The molecule has 1 rings (SSSR count). The van der Waals surface area contributed by atoms with Gasteiger partial charge in [0.05, 0.1) is 18.0 Å². The van der Waals surface area contributed by atoms with Gasteiger partial charge in [0.2, 0.25) is 5.91 Å². The van der Waals surface area contributed by atoms with E-state index in [4.69, 9.17) is 9.47 Å². The highest BCUT2D eigenvalue weighted by Crippen LogP contribution is 2.18. The van der Waals surface area contributed by atoms with E-state index >= 15 is 0 Å². The lowest BCUT2D eigenvalue weighted by molar-refractivity contribution is -0.132. The summed E-state index contributed by atoms with van der Waals surface area (Å²) >= 11 is 3.40. The molecule has 1 aliphatic rings.